The Labute approximate surface area is 210 Å². The number of hydrogen-bond acceptors (Lipinski definition) is 4. The summed E-state index contributed by atoms with van der Waals surface area (Å²) >= 11 is 3.61. The summed E-state index contributed by atoms with van der Waals surface area (Å²) in [7, 11) is 0. The van der Waals surface area contributed by atoms with E-state index in [-0.39, 0.29) is 11.6 Å². The van der Waals surface area contributed by atoms with E-state index >= 15 is 0 Å². The first-order valence-electron chi connectivity index (χ1n) is 10.8. The summed E-state index contributed by atoms with van der Waals surface area (Å²) < 4.78 is 6.77. The average molecular weight is 527 g/mol. The molecule has 1 amide bonds. The summed E-state index contributed by atoms with van der Waals surface area (Å²) in [5, 5.41) is 10.9. The maximum absolute atomic E-state index is 13.6. The van der Waals surface area contributed by atoms with Crippen LogP contribution >= 0.6 is 15.9 Å². The summed E-state index contributed by atoms with van der Waals surface area (Å²) in [5.74, 6) is 0.902. The summed E-state index contributed by atoms with van der Waals surface area (Å²) in [6.45, 7) is 2.00. The first kappa shape index (κ1) is 22.6. The van der Waals surface area contributed by atoms with Crippen LogP contribution in [0.5, 0.6) is 0 Å². The molecule has 35 heavy (non-hydrogen) atoms. The molecule has 3 aromatic carbocycles. The lowest BCUT2D eigenvalue weighted by Gasteiger charge is -2.22. The summed E-state index contributed by atoms with van der Waals surface area (Å²) in [6, 6.07) is 25.3. The molecule has 6 nitrogen and oxygen atoms in total. The van der Waals surface area contributed by atoms with Crippen LogP contribution in [0.4, 0.5) is 11.4 Å². The Kier molecular flexibility index (Phi) is 5.93. The third-order valence-corrected chi connectivity index (χ3v) is 6.32. The van der Waals surface area contributed by atoms with Crippen molar-refractivity contribution in [2.24, 2.45) is 0 Å². The predicted octanol–water partition coefficient (Wildman–Crippen LogP) is 7.40. The highest BCUT2D eigenvalue weighted by Gasteiger charge is 2.31. The van der Waals surface area contributed by atoms with Crippen LogP contribution in [-0.2, 0) is 4.79 Å². The van der Waals surface area contributed by atoms with Crippen LogP contribution in [0.3, 0.4) is 0 Å². The summed E-state index contributed by atoms with van der Waals surface area (Å²) in [6.07, 6.45) is 3.57. The van der Waals surface area contributed by atoms with Gasteiger partial charge in [0.25, 0.3) is 11.6 Å². The maximum atomic E-state index is 13.6. The molecule has 0 saturated carbocycles. The van der Waals surface area contributed by atoms with Gasteiger partial charge in [-0.05, 0) is 82.5 Å². The molecule has 0 spiro atoms. The number of halogens is 1. The second kappa shape index (κ2) is 9.19. The quantitative estimate of drug-likeness (QED) is 0.154. The first-order valence-corrected chi connectivity index (χ1v) is 11.6. The van der Waals surface area contributed by atoms with Gasteiger partial charge in [0, 0.05) is 27.7 Å². The van der Waals surface area contributed by atoms with Crippen molar-refractivity contribution < 1.29 is 14.1 Å². The number of aryl methyl sites for hydroxylation is 1. The molecule has 0 atom stereocenters. The molecule has 7 heteroatoms. The van der Waals surface area contributed by atoms with Crippen LogP contribution in [0.1, 0.15) is 16.9 Å². The predicted molar refractivity (Wildman–Crippen MR) is 140 cm³/mol. The molecule has 0 aliphatic carbocycles. The Balaban J connectivity index is 1.52. The molecule has 2 heterocycles. The lowest BCUT2D eigenvalue weighted by molar-refractivity contribution is -0.384. The molecule has 0 unspecified atom stereocenters. The standard InChI is InChI=1S/C28H19BrN2O4/c1-18-7-13-25(24(29)15-18)30-26(19-5-3-2-4-6-19)17-21(28(30)32)16-23-12-14-27(35-23)20-8-10-22(11-9-20)31(33)34/h2-17H,1H3. The number of carbonyl (C=O) groups excluding carboxylic acids is 1. The molecule has 4 aromatic rings. The van der Waals surface area contributed by atoms with Gasteiger partial charge in [-0.15, -0.1) is 0 Å². The zero-order valence-electron chi connectivity index (χ0n) is 18.6. The molecule has 0 bridgehead atoms. The van der Waals surface area contributed by atoms with Crippen molar-refractivity contribution in [1.82, 2.24) is 0 Å². The topological polar surface area (TPSA) is 76.6 Å². The molecule has 0 N–H and O–H groups in total. The van der Waals surface area contributed by atoms with Gasteiger partial charge in [-0.25, -0.2) is 0 Å². The number of carbonyl (C=O) groups is 1. The van der Waals surface area contributed by atoms with Crippen molar-refractivity contribution in [2.75, 3.05) is 4.90 Å². The summed E-state index contributed by atoms with van der Waals surface area (Å²) in [4.78, 5) is 25.7. The van der Waals surface area contributed by atoms with Crippen LogP contribution in [0, 0.1) is 17.0 Å². The minimum absolute atomic E-state index is 0.0140. The normalized spacial score (nSPS) is 14.5. The SMILES string of the molecule is Cc1ccc(N2C(=O)C(=Cc3ccc(-c4ccc([N+](=O)[O-])cc4)o3)C=C2c2ccccc2)c(Br)c1. The van der Waals surface area contributed by atoms with E-state index in [1.807, 2.05) is 61.5 Å². The Morgan fingerprint density at radius 1 is 0.943 bits per heavy atom. The highest BCUT2D eigenvalue weighted by molar-refractivity contribution is 9.10. The van der Waals surface area contributed by atoms with Crippen molar-refractivity contribution >= 4 is 45.0 Å². The minimum atomic E-state index is -0.442. The van der Waals surface area contributed by atoms with Crippen molar-refractivity contribution in [3.05, 3.63) is 128 Å². The van der Waals surface area contributed by atoms with Crippen LogP contribution in [-0.4, -0.2) is 10.8 Å². The number of nitro benzene ring substituents is 1. The molecular weight excluding hydrogens is 508 g/mol. The van der Waals surface area contributed by atoms with Crippen LogP contribution < -0.4 is 4.90 Å². The fourth-order valence-electron chi connectivity index (χ4n) is 3.96. The number of rotatable bonds is 5. The van der Waals surface area contributed by atoms with Crippen molar-refractivity contribution in [2.45, 2.75) is 6.92 Å². The Bertz CT molecular complexity index is 1500. The second-order valence-electron chi connectivity index (χ2n) is 8.10. The molecule has 0 radical (unpaired) electrons. The number of nitrogens with zero attached hydrogens (tertiary/aromatic N) is 2. The number of amides is 1. The van der Waals surface area contributed by atoms with Gasteiger partial charge in [0.05, 0.1) is 16.3 Å². The third kappa shape index (κ3) is 4.46. The Morgan fingerprint density at radius 3 is 2.37 bits per heavy atom. The highest BCUT2D eigenvalue weighted by atomic mass is 79.9. The monoisotopic (exact) mass is 526 g/mol. The van der Waals surface area contributed by atoms with E-state index in [9.17, 15) is 14.9 Å². The third-order valence-electron chi connectivity index (χ3n) is 5.68. The fourth-order valence-corrected chi connectivity index (χ4v) is 4.63. The number of benzene rings is 3. The summed E-state index contributed by atoms with van der Waals surface area (Å²) in [5.41, 5.74) is 4.74. The van der Waals surface area contributed by atoms with Crippen LogP contribution in [0.2, 0.25) is 0 Å². The maximum Gasteiger partial charge on any atom is 0.269 e. The Hall–Kier alpha value is -4.23. The second-order valence-corrected chi connectivity index (χ2v) is 8.95. The molecule has 5 rings (SSSR count). The van der Waals surface area contributed by atoms with E-state index in [0.29, 0.717) is 22.7 Å². The van der Waals surface area contributed by atoms with Gasteiger partial charge in [0.2, 0.25) is 0 Å². The zero-order valence-corrected chi connectivity index (χ0v) is 20.2. The molecule has 172 valence electrons. The van der Waals surface area contributed by atoms with Gasteiger partial charge in [0.15, 0.2) is 0 Å². The van der Waals surface area contributed by atoms with E-state index < -0.39 is 4.92 Å². The van der Waals surface area contributed by atoms with Crippen LogP contribution in [0.15, 0.2) is 105 Å². The largest absolute Gasteiger partial charge is 0.457 e. The van der Waals surface area contributed by atoms with Gasteiger partial charge in [-0.2, -0.15) is 0 Å². The van der Waals surface area contributed by atoms with Crippen molar-refractivity contribution in [3.63, 3.8) is 0 Å². The number of non-ortho nitro benzene ring substituents is 1. The van der Waals surface area contributed by atoms with E-state index in [4.69, 9.17) is 4.42 Å². The number of furan rings is 1. The van der Waals surface area contributed by atoms with Gasteiger partial charge in [0.1, 0.15) is 11.5 Å². The number of nitro groups is 1. The van der Waals surface area contributed by atoms with E-state index in [2.05, 4.69) is 15.9 Å². The molecule has 1 aliphatic rings. The fraction of sp³-hybridized carbons (Fsp3) is 0.0357. The van der Waals surface area contributed by atoms with Gasteiger partial charge in [-0.1, -0.05) is 36.4 Å². The van der Waals surface area contributed by atoms with Gasteiger partial charge < -0.3 is 4.42 Å². The molecule has 1 aliphatic heterocycles. The molecule has 0 saturated heterocycles. The lowest BCUT2D eigenvalue weighted by Crippen LogP contribution is -2.25. The number of anilines is 1. The molecule has 0 fully saturated rings. The van der Waals surface area contributed by atoms with Crippen molar-refractivity contribution in [1.29, 1.82) is 0 Å². The smallest absolute Gasteiger partial charge is 0.269 e. The number of hydrogen-bond donors (Lipinski definition) is 0. The van der Waals surface area contributed by atoms with E-state index in [0.717, 1.165) is 27.0 Å². The van der Waals surface area contributed by atoms with Crippen LogP contribution in [0.25, 0.3) is 23.1 Å². The molecule has 1 aromatic heterocycles. The zero-order chi connectivity index (χ0) is 24.5. The van der Waals surface area contributed by atoms with Gasteiger partial charge >= 0.3 is 0 Å². The van der Waals surface area contributed by atoms with E-state index in [1.54, 1.807) is 35.2 Å². The average Bonchev–Trinajstić information content (AvgIpc) is 3.45. The Morgan fingerprint density at radius 2 is 1.69 bits per heavy atom. The lowest BCUT2D eigenvalue weighted by atomic mass is 10.1. The molecular formula is C28H19BrN2O4. The van der Waals surface area contributed by atoms with Gasteiger partial charge in [-0.3, -0.25) is 19.8 Å². The minimum Gasteiger partial charge on any atom is -0.457 e. The highest BCUT2D eigenvalue weighted by Crippen LogP contribution is 2.39. The first-order chi connectivity index (χ1) is 16.9. The van der Waals surface area contributed by atoms with Crippen molar-refractivity contribution in [3.8, 4) is 11.3 Å². The van der Waals surface area contributed by atoms with E-state index in [1.165, 1.54) is 12.1 Å².